The van der Waals surface area contributed by atoms with E-state index in [9.17, 15) is 18.8 Å². The summed E-state index contributed by atoms with van der Waals surface area (Å²) in [6, 6.07) is 5.17. The van der Waals surface area contributed by atoms with Crippen LogP contribution in [0.25, 0.3) is 0 Å². The molecular formula is C20H27FN4O3. The zero-order valence-corrected chi connectivity index (χ0v) is 16.2. The largest absolute Gasteiger partial charge is 0.343 e. The number of nitrogens with one attached hydrogen (secondary N) is 1. The maximum Gasteiger partial charge on any atom is 0.251 e. The van der Waals surface area contributed by atoms with Crippen LogP contribution in [0.3, 0.4) is 0 Å². The second-order valence-corrected chi connectivity index (χ2v) is 7.47. The van der Waals surface area contributed by atoms with E-state index in [0.717, 1.165) is 26.2 Å². The molecule has 152 valence electrons. The Morgan fingerprint density at radius 2 is 1.57 bits per heavy atom. The van der Waals surface area contributed by atoms with Crippen molar-refractivity contribution in [2.75, 3.05) is 52.9 Å². The molecule has 0 unspecified atom stereocenters. The van der Waals surface area contributed by atoms with E-state index >= 15 is 0 Å². The van der Waals surface area contributed by atoms with Crippen molar-refractivity contribution >= 4 is 17.7 Å². The number of carbonyl (C=O) groups excluding carboxylic acids is 3. The highest BCUT2D eigenvalue weighted by Gasteiger charge is 2.31. The van der Waals surface area contributed by atoms with Crippen molar-refractivity contribution in [3.63, 3.8) is 0 Å². The zero-order valence-electron chi connectivity index (χ0n) is 16.2. The number of benzene rings is 1. The number of likely N-dealkylation sites (N-methyl/N-ethyl adjacent to an activating group) is 1. The SMILES string of the molecule is CN1CCN(C(=O)C2CCN(C(=O)CNC(=O)c3ccc(F)cc3)CC2)CC1. The van der Waals surface area contributed by atoms with Crippen molar-refractivity contribution in [1.82, 2.24) is 20.0 Å². The molecule has 7 nitrogen and oxygen atoms in total. The molecule has 0 saturated carbocycles. The van der Waals surface area contributed by atoms with Crippen LogP contribution in [0, 0.1) is 11.7 Å². The summed E-state index contributed by atoms with van der Waals surface area (Å²) in [6.07, 6.45) is 1.31. The maximum atomic E-state index is 12.9. The predicted molar refractivity (Wildman–Crippen MR) is 102 cm³/mol. The zero-order chi connectivity index (χ0) is 20.1. The molecule has 1 aromatic rings. The van der Waals surface area contributed by atoms with Gasteiger partial charge in [-0.1, -0.05) is 0 Å². The average molecular weight is 390 g/mol. The average Bonchev–Trinajstić information content (AvgIpc) is 2.72. The molecule has 2 aliphatic heterocycles. The second kappa shape index (κ2) is 9.14. The fraction of sp³-hybridized carbons (Fsp3) is 0.550. The normalized spacial score (nSPS) is 18.8. The Morgan fingerprint density at radius 1 is 0.964 bits per heavy atom. The van der Waals surface area contributed by atoms with E-state index in [2.05, 4.69) is 17.3 Å². The minimum absolute atomic E-state index is 0.0266. The third-order valence-electron chi connectivity index (χ3n) is 5.52. The third kappa shape index (κ3) is 5.07. The number of piperazine rings is 1. The minimum atomic E-state index is -0.415. The second-order valence-electron chi connectivity index (χ2n) is 7.47. The highest BCUT2D eigenvalue weighted by Crippen LogP contribution is 2.20. The molecular weight excluding hydrogens is 363 g/mol. The predicted octanol–water partition coefficient (Wildman–Crippen LogP) is 0.568. The molecule has 0 spiro atoms. The van der Waals surface area contributed by atoms with Gasteiger partial charge in [-0.3, -0.25) is 14.4 Å². The van der Waals surface area contributed by atoms with E-state index in [4.69, 9.17) is 0 Å². The van der Waals surface area contributed by atoms with E-state index in [1.54, 1.807) is 4.90 Å². The van der Waals surface area contributed by atoms with Gasteiger partial charge >= 0.3 is 0 Å². The van der Waals surface area contributed by atoms with Gasteiger partial charge in [0.05, 0.1) is 6.54 Å². The van der Waals surface area contributed by atoms with Gasteiger partial charge in [-0.05, 0) is 44.2 Å². The van der Waals surface area contributed by atoms with Crippen LogP contribution < -0.4 is 5.32 Å². The number of carbonyl (C=O) groups is 3. The first-order chi connectivity index (χ1) is 13.4. The molecule has 0 aromatic heterocycles. The summed E-state index contributed by atoms with van der Waals surface area (Å²) >= 11 is 0. The summed E-state index contributed by atoms with van der Waals surface area (Å²) in [6.45, 7) is 4.28. The van der Waals surface area contributed by atoms with Crippen molar-refractivity contribution in [1.29, 1.82) is 0 Å². The van der Waals surface area contributed by atoms with Crippen LogP contribution >= 0.6 is 0 Å². The molecule has 0 atom stereocenters. The van der Waals surface area contributed by atoms with E-state index in [0.29, 0.717) is 31.5 Å². The number of likely N-dealkylation sites (tertiary alicyclic amines) is 1. The van der Waals surface area contributed by atoms with Crippen LogP contribution in [0.2, 0.25) is 0 Å². The molecule has 2 heterocycles. The van der Waals surface area contributed by atoms with E-state index in [1.165, 1.54) is 24.3 Å². The van der Waals surface area contributed by atoms with E-state index in [1.807, 2.05) is 4.90 Å². The standard InChI is InChI=1S/C20H27FN4O3/c1-23-10-12-25(13-11-23)20(28)16-6-8-24(9-7-16)18(26)14-22-19(27)15-2-4-17(21)5-3-15/h2-5,16H,6-14H2,1H3,(H,22,27). The maximum absolute atomic E-state index is 12.9. The van der Waals surface area contributed by atoms with Gasteiger partial charge in [0.2, 0.25) is 11.8 Å². The van der Waals surface area contributed by atoms with Crippen LogP contribution in [0.1, 0.15) is 23.2 Å². The first-order valence-electron chi connectivity index (χ1n) is 9.73. The topological polar surface area (TPSA) is 73.0 Å². The van der Waals surface area contributed by atoms with Crippen molar-refractivity contribution in [3.05, 3.63) is 35.6 Å². The van der Waals surface area contributed by atoms with Gasteiger partial charge in [-0.2, -0.15) is 0 Å². The van der Waals surface area contributed by atoms with Crippen LogP contribution in [-0.2, 0) is 9.59 Å². The third-order valence-corrected chi connectivity index (χ3v) is 5.52. The molecule has 0 radical (unpaired) electrons. The molecule has 1 N–H and O–H groups in total. The molecule has 2 fully saturated rings. The highest BCUT2D eigenvalue weighted by molar-refractivity contribution is 5.96. The lowest BCUT2D eigenvalue weighted by Crippen LogP contribution is -2.51. The number of amides is 3. The Bertz CT molecular complexity index is 709. The van der Waals surface area contributed by atoms with Crippen molar-refractivity contribution in [2.45, 2.75) is 12.8 Å². The molecule has 2 aliphatic rings. The molecule has 28 heavy (non-hydrogen) atoms. The first-order valence-corrected chi connectivity index (χ1v) is 9.73. The monoisotopic (exact) mass is 390 g/mol. The Hall–Kier alpha value is -2.48. The van der Waals surface area contributed by atoms with E-state index in [-0.39, 0.29) is 24.3 Å². The summed E-state index contributed by atoms with van der Waals surface area (Å²) in [7, 11) is 2.06. The Balaban J connectivity index is 1.41. The van der Waals surface area contributed by atoms with Crippen molar-refractivity contribution in [2.24, 2.45) is 5.92 Å². The van der Waals surface area contributed by atoms with Crippen molar-refractivity contribution in [3.8, 4) is 0 Å². The lowest BCUT2D eigenvalue weighted by Gasteiger charge is -2.37. The van der Waals surface area contributed by atoms with Crippen LogP contribution in [-0.4, -0.2) is 85.3 Å². The van der Waals surface area contributed by atoms with Crippen LogP contribution in [0.15, 0.2) is 24.3 Å². The Morgan fingerprint density at radius 3 is 2.18 bits per heavy atom. The van der Waals surface area contributed by atoms with Gasteiger partial charge in [0.1, 0.15) is 5.82 Å². The molecule has 2 saturated heterocycles. The Kier molecular flexibility index (Phi) is 6.61. The summed E-state index contributed by atoms with van der Waals surface area (Å²) in [5.74, 6) is -0.817. The summed E-state index contributed by atoms with van der Waals surface area (Å²) in [5, 5.41) is 2.57. The highest BCUT2D eigenvalue weighted by atomic mass is 19.1. The van der Waals surface area contributed by atoms with Crippen LogP contribution in [0.5, 0.6) is 0 Å². The number of rotatable bonds is 4. The molecule has 3 amide bonds. The lowest BCUT2D eigenvalue weighted by atomic mass is 9.95. The minimum Gasteiger partial charge on any atom is -0.343 e. The smallest absolute Gasteiger partial charge is 0.251 e. The van der Waals surface area contributed by atoms with Gasteiger partial charge in [0.25, 0.3) is 5.91 Å². The fourth-order valence-electron chi connectivity index (χ4n) is 3.63. The first kappa shape index (κ1) is 20.3. The number of halogens is 1. The summed E-state index contributed by atoms with van der Waals surface area (Å²) in [4.78, 5) is 42.9. The molecule has 1 aromatic carbocycles. The Labute approximate surface area is 164 Å². The molecule has 0 aliphatic carbocycles. The van der Waals surface area contributed by atoms with Gasteiger partial charge < -0.3 is 20.0 Å². The molecule has 8 heteroatoms. The molecule has 3 rings (SSSR count). The van der Waals surface area contributed by atoms with E-state index < -0.39 is 11.7 Å². The number of hydrogen-bond acceptors (Lipinski definition) is 4. The quantitative estimate of drug-likeness (QED) is 0.816. The fourth-order valence-corrected chi connectivity index (χ4v) is 3.63. The van der Waals surface area contributed by atoms with Crippen molar-refractivity contribution < 1.29 is 18.8 Å². The van der Waals surface area contributed by atoms with Gasteiger partial charge in [0, 0.05) is 50.7 Å². The number of hydrogen-bond donors (Lipinski definition) is 1. The van der Waals surface area contributed by atoms with Gasteiger partial charge in [-0.15, -0.1) is 0 Å². The summed E-state index contributed by atoms with van der Waals surface area (Å²) in [5.41, 5.74) is 0.311. The number of piperidine rings is 1. The summed E-state index contributed by atoms with van der Waals surface area (Å²) < 4.78 is 12.9. The molecule has 0 bridgehead atoms. The van der Waals surface area contributed by atoms with Crippen LogP contribution in [0.4, 0.5) is 4.39 Å². The van der Waals surface area contributed by atoms with Gasteiger partial charge in [-0.25, -0.2) is 4.39 Å². The number of nitrogens with zero attached hydrogens (tertiary/aromatic N) is 3. The van der Waals surface area contributed by atoms with Gasteiger partial charge in [0.15, 0.2) is 0 Å². The lowest BCUT2D eigenvalue weighted by molar-refractivity contribution is -0.141.